The summed E-state index contributed by atoms with van der Waals surface area (Å²) in [5.41, 5.74) is -2.16. The third-order valence-corrected chi connectivity index (χ3v) is 7.42. The summed E-state index contributed by atoms with van der Waals surface area (Å²) in [6.45, 7) is 5.19. The van der Waals surface area contributed by atoms with Crippen molar-refractivity contribution in [2.45, 2.75) is 57.0 Å². The van der Waals surface area contributed by atoms with Crippen LogP contribution in [0.1, 0.15) is 57.0 Å². The van der Waals surface area contributed by atoms with E-state index in [1.807, 2.05) is 0 Å². The number of Topliss-reactive ketones (excluding diaryl/α,β-unsaturated/α-hetero) is 2. The summed E-state index contributed by atoms with van der Waals surface area (Å²) in [5, 5.41) is 10.0. The molecule has 3 aliphatic rings. The minimum absolute atomic E-state index is 0.0394. The van der Waals surface area contributed by atoms with E-state index in [0.29, 0.717) is 5.56 Å². The van der Waals surface area contributed by atoms with Crippen molar-refractivity contribution in [1.29, 1.82) is 0 Å². The van der Waals surface area contributed by atoms with Crippen LogP contribution in [-0.2, 0) is 14.3 Å². The van der Waals surface area contributed by atoms with Crippen LogP contribution in [-0.4, -0.2) is 50.7 Å². The minimum Gasteiger partial charge on any atom is -0.443 e. The van der Waals surface area contributed by atoms with Crippen molar-refractivity contribution in [1.82, 2.24) is 20.4 Å². The van der Waals surface area contributed by atoms with E-state index >= 15 is 0 Å². The Morgan fingerprint density at radius 3 is 2.38 bits per heavy atom. The molecule has 3 unspecified atom stereocenters. The Balaban J connectivity index is 1.66. The molecule has 39 heavy (non-hydrogen) atoms. The number of halogens is 2. The first-order valence-electron chi connectivity index (χ1n) is 12.5. The van der Waals surface area contributed by atoms with Crippen LogP contribution >= 0.6 is 0 Å². The Morgan fingerprint density at radius 2 is 1.79 bits per heavy atom. The first-order chi connectivity index (χ1) is 18.4. The standard InChI is InChI=1S/C27H25F2N5O5/c1-26(2,3)39-25(38)34-18-9-15(29)8-17-20(18)21(31-32-24(17)37)23(22(34)13-4-6-14(28)7-5-13)33-12-30-27(33)11-16(35)10-19(27)36/h4-9,22-23,30H,10-12H2,1-3H3,(H,32,37). The summed E-state index contributed by atoms with van der Waals surface area (Å²) < 4.78 is 34.7. The van der Waals surface area contributed by atoms with Crippen LogP contribution in [0.4, 0.5) is 19.3 Å². The monoisotopic (exact) mass is 537 g/mol. The Hall–Kier alpha value is -4.03. The first-order valence-corrected chi connectivity index (χ1v) is 12.5. The van der Waals surface area contributed by atoms with E-state index in [9.17, 15) is 28.0 Å². The summed E-state index contributed by atoms with van der Waals surface area (Å²) in [6.07, 6.45) is -1.17. The molecule has 6 rings (SSSR count). The number of hydrogen-bond acceptors (Lipinski definition) is 8. The van der Waals surface area contributed by atoms with Gasteiger partial charge in [-0.05, 0) is 50.6 Å². The van der Waals surface area contributed by atoms with Gasteiger partial charge in [-0.3, -0.25) is 29.5 Å². The number of H-pyrrole nitrogens is 1. The third kappa shape index (κ3) is 3.85. The second kappa shape index (κ2) is 8.48. The van der Waals surface area contributed by atoms with Crippen molar-refractivity contribution < 1.29 is 27.9 Å². The van der Waals surface area contributed by atoms with Crippen LogP contribution in [0.25, 0.3) is 10.8 Å². The molecule has 2 aliphatic heterocycles. The van der Waals surface area contributed by atoms with Gasteiger partial charge in [0.1, 0.15) is 28.7 Å². The van der Waals surface area contributed by atoms with Gasteiger partial charge in [-0.25, -0.2) is 18.7 Å². The Bertz CT molecular complexity index is 1620. The molecule has 0 bridgehead atoms. The lowest BCUT2D eigenvalue weighted by Gasteiger charge is -2.57. The van der Waals surface area contributed by atoms with E-state index in [2.05, 4.69) is 15.5 Å². The molecule has 10 nitrogen and oxygen atoms in total. The molecule has 2 N–H and O–H groups in total. The predicted molar refractivity (Wildman–Crippen MR) is 135 cm³/mol. The van der Waals surface area contributed by atoms with Gasteiger partial charge < -0.3 is 4.74 Å². The fraction of sp³-hybridized carbons (Fsp3) is 0.370. The molecule has 3 atom stereocenters. The normalized spacial score (nSPS) is 24.9. The van der Waals surface area contributed by atoms with Crippen LogP contribution in [0.5, 0.6) is 0 Å². The van der Waals surface area contributed by atoms with Crippen molar-refractivity contribution in [3.63, 3.8) is 0 Å². The number of carbonyl (C=O) groups is 3. The van der Waals surface area contributed by atoms with Gasteiger partial charge in [0.25, 0.3) is 5.56 Å². The lowest BCUT2D eigenvalue weighted by molar-refractivity contribution is -0.150. The molecule has 202 valence electrons. The molecule has 1 saturated heterocycles. The first kappa shape index (κ1) is 25.3. The Labute approximate surface area is 220 Å². The molecule has 2 fully saturated rings. The smallest absolute Gasteiger partial charge is 0.415 e. The maximum atomic E-state index is 14.9. The molecule has 12 heteroatoms. The molecular weight excluding hydrogens is 512 g/mol. The molecule has 1 aromatic heterocycles. The SMILES string of the molecule is CC(C)(C)OC(=O)N1c2cc(F)cc3c(=O)[nH]nc(c23)C(N2CNC23CC(=O)CC3=O)C1c1ccc(F)cc1. The molecule has 1 spiro atoms. The molecule has 3 heterocycles. The van der Waals surface area contributed by atoms with Crippen molar-refractivity contribution in [2.75, 3.05) is 11.6 Å². The molecule has 2 aromatic carbocycles. The van der Waals surface area contributed by atoms with Crippen LogP contribution in [0.15, 0.2) is 41.2 Å². The fourth-order valence-corrected chi connectivity index (χ4v) is 5.84. The number of aromatic amines is 1. The van der Waals surface area contributed by atoms with Crippen LogP contribution in [0.2, 0.25) is 0 Å². The van der Waals surface area contributed by atoms with Crippen molar-refractivity contribution >= 4 is 34.1 Å². The fourth-order valence-electron chi connectivity index (χ4n) is 5.84. The average Bonchev–Trinajstić information content (AvgIpc) is 3.16. The minimum atomic E-state index is -1.33. The molecule has 1 aliphatic carbocycles. The highest BCUT2D eigenvalue weighted by molar-refractivity contribution is 6.12. The van der Waals surface area contributed by atoms with Crippen molar-refractivity contribution in [3.8, 4) is 0 Å². The van der Waals surface area contributed by atoms with Crippen molar-refractivity contribution in [3.05, 3.63) is 69.6 Å². The molecule has 1 amide bonds. The summed E-state index contributed by atoms with van der Waals surface area (Å²) in [6, 6.07) is 5.70. The zero-order valence-electron chi connectivity index (χ0n) is 21.4. The van der Waals surface area contributed by atoms with Gasteiger partial charge in [0.2, 0.25) is 0 Å². The van der Waals surface area contributed by atoms with Gasteiger partial charge >= 0.3 is 6.09 Å². The molecule has 3 aromatic rings. The number of ketones is 2. The van der Waals surface area contributed by atoms with E-state index < -0.39 is 46.6 Å². The van der Waals surface area contributed by atoms with Crippen LogP contribution in [0.3, 0.4) is 0 Å². The number of carbonyl (C=O) groups excluding carboxylic acids is 3. The number of benzene rings is 2. The average molecular weight is 538 g/mol. The number of nitrogens with zero attached hydrogens (tertiary/aromatic N) is 3. The van der Waals surface area contributed by atoms with Crippen LogP contribution < -0.4 is 15.8 Å². The highest BCUT2D eigenvalue weighted by atomic mass is 19.1. The van der Waals surface area contributed by atoms with Gasteiger partial charge in [0.05, 0.1) is 41.9 Å². The maximum Gasteiger partial charge on any atom is 0.415 e. The topological polar surface area (TPSA) is 125 Å². The number of aromatic nitrogens is 2. The summed E-state index contributed by atoms with van der Waals surface area (Å²) in [5.74, 6) is -1.84. The van der Waals surface area contributed by atoms with E-state index in [1.54, 1.807) is 25.7 Å². The summed E-state index contributed by atoms with van der Waals surface area (Å²) in [7, 11) is 0. The third-order valence-electron chi connectivity index (χ3n) is 7.42. The highest BCUT2D eigenvalue weighted by Crippen LogP contribution is 2.53. The van der Waals surface area contributed by atoms with Crippen LogP contribution in [0, 0.1) is 11.6 Å². The molecular formula is C27H25F2N5O5. The Kier molecular flexibility index (Phi) is 5.50. The summed E-state index contributed by atoms with van der Waals surface area (Å²) >= 11 is 0. The van der Waals surface area contributed by atoms with Gasteiger partial charge in [-0.15, -0.1) is 0 Å². The van der Waals surface area contributed by atoms with Gasteiger partial charge in [-0.2, -0.15) is 5.10 Å². The quantitative estimate of drug-likeness (QED) is 0.478. The number of hydrogen-bond donors (Lipinski definition) is 2. The van der Waals surface area contributed by atoms with Gasteiger partial charge in [0, 0.05) is 11.8 Å². The van der Waals surface area contributed by atoms with E-state index in [-0.39, 0.29) is 53.2 Å². The lowest BCUT2D eigenvalue weighted by Crippen LogP contribution is -2.76. The van der Waals surface area contributed by atoms with Gasteiger partial charge in [-0.1, -0.05) is 12.1 Å². The number of amides is 1. The van der Waals surface area contributed by atoms with E-state index in [4.69, 9.17) is 4.74 Å². The second-order valence-electron chi connectivity index (χ2n) is 11.1. The number of ether oxygens (including phenoxy) is 1. The van der Waals surface area contributed by atoms with E-state index in [0.717, 1.165) is 12.1 Å². The largest absolute Gasteiger partial charge is 0.443 e. The van der Waals surface area contributed by atoms with Crippen molar-refractivity contribution in [2.24, 2.45) is 0 Å². The number of nitrogens with one attached hydrogen (secondary N) is 2. The van der Waals surface area contributed by atoms with E-state index in [1.165, 1.54) is 29.2 Å². The zero-order chi connectivity index (χ0) is 27.9. The second-order valence-corrected chi connectivity index (χ2v) is 11.1. The molecule has 1 saturated carbocycles. The predicted octanol–water partition coefficient (Wildman–Crippen LogP) is 3.23. The Morgan fingerprint density at radius 1 is 1.08 bits per heavy atom. The highest BCUT2D eigenvalue weighted by Gasteiger charge is 2.61. The maximum absolute atomic E-state index is 14.9. The lowest BCUT2D eigenvalue weighted by atomic mass is 9.83. The zero-order valence-corrected chi connectivity index (χ0v) is 21.4. The number of anilines is 1. The van der Waals surface area contributed by atoms with Gasteiger partial charge in [0.15, 0.2) is 5.78 Å². The molecule has 0 radical (unpaired) electrons. The summed E-state index contributed by atoms with van der Waals surface area (Å²) in [4.78, 5) is 55.1. The number of rotatable bonds is 2.